The van der Waals surface area contributed by atoms with E-state index in [2.05, 4.69) is 20.1 Å². The summed E-state index contributed by atoms with van der Waals surface area (Å²) < 4.78 is 27.5. The number of rotatable bonds is 4. The summed E-state index contributed by atoms with van der Waals surface area (Å²) in [6.07, 6.45) is 8.56. The molecule has 3 aromatic heterocycles. The topological polar surface area (TPSA) is 73.8 Å². The van der Waals surface area contributed by atoms with Crippen LogP contribution in [0, 0.1) is 11.6 Å². The summed E-state index contributed by atoms with van der Waals surface area (Å²) in [5, 5.41) is 6.89. The van der Waals surface area contributed by atoms with Gasteiger partial charge in [-0.15, -0.1) is 0 Å². The number of fused-ring (bicyclic) bond motifs is 1. The molecule has 0 spiro atoms. The fraction of sp³-hybridized carbons (Fsp3) is 0.273. The molecule has 0 amide bonds. The molecule has 0 saturated carbocycles. The molecule has 0 aliphatic carbocycles. The molecule has 1 aliphatic rings. The van der Waals surface area contributed by atoms with Gasteiger partial charge < -0.3 is 9.80 Å². The van der Waals surface area contributed by atoms with Crippen LogP contribution in [-0.2, 0) is 0 Å². The van der Waals surface area contributed by atoms with E-state index in [0.29, 0.717) is 5.69 Å². The molecule has 9 heteroatoms. The van der Waals surface area contributed by atoms with Crippen molar-refractivity contribution in [3.8, 4) is 11.3 Å². The van der Waals surface area contributed by atoms with Crippen molar-refractivity contribution in [2.75, 3.05) is 29.9 Å². The number of benzene rings is 1. The number of pyridine rings is 1. The van der Waals surface area contributed by atoms with Gasteiger partial charge in [-0.1, -0.05) is 0 Å². The Labute approximate surface area is 177 Å². The molecular formula is C22H21F2N7. The highest BCUT2D eigenvalue weighted by Gasteiger charge is 2.27. The third kappa shape index (κ3) is 3.67. The number of halogens is 2. The number of nitrogens with zero attached hydrogens (tertiary/aromatic N) is 6. The average Bonchev–Trinajstić information content (AvgIpc) is 3.33. The van der Waals surface area contributed by atoms with Crippen molar-refractivity contribution >= 4 is 22.5 Å². The lowest BCUT2D eigenvalue weighted by atomic mass is 10.0. The summed E-state index contributed by atoms with van der Waals surface area (Å²) in [5.74, 6) is -0.309. The third-order valence-electron chi connectivity index (χ3n) is 5.82. The van der Waals surface area contributed by atoms with Gasteiger partial charge in [-0.25, -0.2) is 18.7 Å². The van der Waals surface area contributed by atoms with Crippen LogP contribution in [-0.4, -0.2) is 51.3 Å². The molecular weight excluding hydrogens is 400 g/mol. The highest BCUT2D eigenvalue weighted by molar-refractivity contribution is 5.82. The minimum Gasteiger partial charge on any atom is -0.369 e. The van der Waals surface area contributed by atoms with Crippen LogP contribution in [0.15, 0.2) is 49.1 Å². The van der Waals surface area contributed by atoms with Crippen molar-refractivity contribution in [1.82, 2.24) is 25.1 Å². The number of H-pyrrole nitrogens is 1. The molecule has 0 radical (unpaired) electrons. The lowest BCUT2D eigenvalue weighted by molar-refractivity contribution is 0.474. The van der Waals surface area contributed by atoms with Gasteiger partial charge in [0.25, 0.3) is 0 Å². The van der Waals surface area contributed by atoms with E-state index in [1.54, 1.807) is 24.8 Å². The fourth-order valence-corrected chi connectivity index (χ4v) is 4.12. The van der Waals surface area contributed by atoms with Gasteiger partial charge >= 0.3 is 0 Å². The summed E-state index contributed by atoms with van der Waals surface area (Å²) in [7, 11) is 1.86. The number of aromatic amines is 1. The Hall–Kier alpha value is -3.62. The van der Waals surface area contributed by atoms with Crippen molar-refractivity contribution < 1.29 is 8.78 Å². The zero-order chi connectivity index (χ0) is 21.4. The fourth-order valence-electron chi connectivity index (χ4n) is 4.12. The summed E-state index contributed by atoms with van der Waals surface area (Å²) in [6, 6.07) is 5.71. The lowest BCUT2D eigenvalue weighted by Crippen LogP contribution is -2.44. The van der Waals surface area contributed by atoms with E-state index in [4.69, 9.17) is 9.97 Å². The molecule has 4 heterocycles. The maximum absolute atomic E-state index is 14.2. The lowest BCUT2D eigenvalue weighted by Gasteiger charge is -2.38. The first kappa shape index (κ1) is 19.3. The first-order valence-corrected chi connectivity index (χ1v) is 10.1. The largest absolute Gasteiger partial charge is 0.369 e. The molecule has 1 aliphatic heterocycles. The van der Waals surface area contributed by atoms with Crippen LogP contribution in [0.4, 0.5) is 20.3 Å². The highest BCUT2D eigenvalue weighted by atomic mass is 19.1. The van der Waals surface area contributed by atoms with Crippen molar-refractivity contribution in [1.29, 1.82) is 0 Å². The van der Waals surface area contributed by atoms with Gasteiger partial charge in [-0.05, 0) is 31.0 Å². The van der Waals surface area contributed by atoms with E-state index in [0.717, 1.165) is 60.1 Å². The molecule has 1 aromatic carbocycles. The minimum absolute atomic E-state index is 0.145. The van der Waals surface area contributed by atoms with Gasteiger partial charge in [0.2, 0.25) is 0 Å². The summed E-state index contributed by atoms with van der Waals surface area (Å²) in [6.45, 7) is 1.49. The van der Waals surface area contributed by atoms with E-state index in [9.17, 15) is 8.78 Å². The smallest absolute Gasteiger partial charge is 0.156 e. The molecule has 7 nitrogen and oxygen atoms in total. The van der Waals surface area contributed by atoms with Crippen LogP contribution >= 0.6 is 0 Å². The Morgan fingerprint density at radius 1 is 1.06 bits per heavy atom. The predicted molar refractivity (Wildman–Crippen MR) is 115 cm³/mol. The van der Waals surface area contributed by atoms with Crippen LogP contribution in [0.1, 0.15) is 12.8 Å². The van der Waals surface area contributed by atoms with E-state index in [1.807, 2.05) is 18.0 Å². The van der Waals surface area contributed by atoms with E-state index < -0.39 is 11.6 Å². The van der Waals surface area contributed by atoms with Gasteiger partial charge in [0.15, 0.2) is 5.82 Å². The Kier molecular flexibility index (Phi) is 4.93. The summed E-state index contributed by atoms with van der Waals surface area (Å²) in [5.41, 5.74) is 3.54. The molecule has 0 unspecified atom stereocenters. The molecule has 31 heavy (non-hydrogen) atoms. The first-order chi connectivity index (χ1) is 15.1. The number of nitrogens with one attached hydrogen (secondary N) is 1. The van der Waals surface area contributed by atoms with Crippen molar-refractivity contribution in [2.24, 2.45) is 0 Å². The van der Waals surface area contributed by atoms with E-state index in [-0.39, 0.29) is 6.04 Å². The monoisotopic (exact) mass is 421 g/mol. The van der Waals surface area contributed by atoms with Crippen LogP contribution in [0.2, 0.25) is 0 Å². The normalized spacial score (nSPS) is 14.9. The van der Waals surface area contributed by atoms with Crippen molar-refractivity contribution in [3.63, 3.8) is 0 Å². The van der Waals surface area contributed by atoms with Crippen LogP contribution in [0.3, 0.4) is 0 Å². The quantitative estimate of drug-likeness (QED) is 0.540. The summed E-state index contributed by atoms with van der Waals surface area (Å²) in [4.78, 5) is 17.9. The molecule has 1 saturated heterocycles. The number of piperidine rings is 1. The maximum atomic E-state index is 14.2. The molecule has 5 rings (SSSR count). The minimum atomic E-state index is -0.568. The number of aromatic nitrogens is 5. The van der Waals surface area contributed by atoms with Crippen molar-refractivity contribution in [3.05, 3.63) is 60.7 Å². The Morgan fingerprint density at radius 2 is 1.90 bits per heavy atom. The number of hydrogen-bond donors (Lipinski definition) is 1. The second-order valence-corrected chi connectivity index (χ2v) is 7.67. The molecule has 0 atom stereocenters. The van der Waals surface area contributed by atoms with Gasteiger partial charge in [0.1, 0.15) is 22.8 Å². The maximum Gasteiger partial charge on any atom is 0.156 e. The molecule has 1 fully saturated rings. The molecule has 4 aromatic rings. The SMILES string of the molecule is CN(c1ccc(F)cc1F)C1CCN(c2nc3ccncc3nc2-c2cn[nH]c2)CC1. The van der Waals surface area contributed by atoms with Crippen LogP contribution < -0.4 is 9.80 Å². The Morgan fingerprint density at radius 3 is 2.65 bits per heavy atom. The number of anilines is 2. The zero-order valence-corrected chi connectivity index (χ0v) is 17.0. The van der Waals surface area contributed by atoms with Gasteiger partial charge in [-0.2, -0.15) is 5.10 Å². The second-order valence-electron chi connectivity index (χ2n) is 7.67. The van der Waals surface area contributed by atoms with Gasteiger partial charge in [-0.3, -0.25) is 10.1 Å². The predicted octanol–water partition coefficient (Wildman–Crippen LogP) is 3.80. The Bertz CT molecular complexity index is 1200. The summed E-state index contributed by atoms with van der Waals surface area (Å²) >= 11 is 0. The number of hydrogen-bond acceptors (Lipinski definition) is 6. The molecule has 1 N–H and O–H groups in total. The second kappa shape index (κ2) is 7.90. The standard InChI is InChI=1S/C22H21F2N7/c1-30(20-3-2-15(23)10-17(20)24)16-5-8-31(9-6-16)22-21(14-11-26-27-12-14)28-19-13-25-7-4-18(19)29-22/h2-4,7,10-13,16H,5-6,8-9H2,1H3,(H,26,27). The van der Waals surface area contributed by atoms with Gasteiger partial charge in [0, 0.05) is 50.2 Å². The van der Waals surface area contributed by atoms with Crippen LogP contribution in [0.25, 0.3) is 22.3 Å². The van der Waals surface area contributed by atoms with Crippen molar-refractivity contribution in [2.45, 2.75) is 18.9 Å². The Balaban J connectivity index is 1.41. The highest BCUT2D eigenvalue weighted by Crippen LogP contribution is 2.32. The zero-order valence-electron chi connectivity index (χ0n) is 17.0. The van der Waals surface area contributed by atoms with E-state index in [1.165, 1.54) is 12.1 Å². The van der Waals surface area contributed by atoms with Crippen LogP contribution in [0.5, 0.6) is 0 Å². The van der Waals surface area contributed by atoms with Gasteiger partial charge in [0.05, 0.1) is 23.6 Å². The molecule has 158 valence electrons. The third-order valence-corrected chi connectivity index (χ3v) is 5.82. The average molecular weight is 421 g/mol. The van der Waals surface area contributed by atoms with E-state index >= 15 is 0 Å². The molecule has 0 bridgehead atoms. The first-order valence-electron chi connectivity index (χ1n) is 10.1.